The van der Waals surface area contributed by atoms with Crippen molar-refractivity contribution in [3.8, 4) is 17.9 Å². The molecular formula is C16H15Cl3N2O2. The Balaban J connectivity index is 3.26. The Morgan fingerprint density at radius 3 is 2.17 bits per heavy atom. The lowest BCUT2D eigenvalue weighted by atomic mass is 9.99. The van der Waals surface area contributed by atoms with Gasteiger partial charge in [-0.2, -0.15) is 10.5 Å². The van der Waals surface area contributed by atoms with Gasteiger partial charge in [-0.05, 0) is 12.8 Å². The van der Waals surface area contributed by atoms with Gasteiger partial charge in [0.1, 0.15) is 22.7 Å². The molecule has 0 heterocycles. The number of halogens is 3. The Morgan fingerprint density at radius 2 is 1.70 bits per heavy atom. The fourth-order valence-electron chi connectivity index (χ4n) is 2.06. The highest BCUT2D eigenvalue weighted by Gasteiger charge is 2.26. The van der Waals surface area contributed by atoms with Gasteiger partial charge in [0.25, 0.3) is 0 Å². The van der Waals surface area contributed by atoms with Gasteiger partial charge in [0, 0.05) is 0 Å². The highest BCUT2D eigenvalue weighted by Crippen LogP contribution is 2.43. The minimum atomic E-state index is -0.490. The molecule has 0 aliphatic rings. The highest BCUT2D eigenvalue weighted by atomic mass is 35.5. The zero-order valence-electron chi connectivity index (χ0n) is 12.8. The smallest absolute Gasteiger partial charge is 0.314 e. The average Bonchev–Trinajstić information content (AvgIpc) is 2.54. The summed E-state index contributed by atoms with van der Waals surface area (Å²) in [5, 5.41) is 17.8. The number of hydrogen-bond donors (Lipinski definition) is 0. The number of carbonyl (C=O) groups excluding carboxylic acids is 1. The van der Waals surface area contributed by atoms with Gasteiger partial charge in [-0.25, -0.2) is 0 Å². The first-order valence-electron chi connectivity index (χ1n) is 7.15. The average molecular weight is 374 g/mol. The summed E-state index contributed by atoms with van der Waals surface area (Å²) in [6.07, 6.45) is 3.14. The number of unbranched alkanes of at least 4 members (excludes halogenated alkanes) is 1. The molecule has 7 heteroatoms. The fourth-order valence-corrected chi connectivity index (χ4v) is 2.82. The van der Waals surface area contributed by atoms with E-state index in [0.717, 1.165) is 12.8 Å². The van der Waals surface area contributed by atoms with E-state index in [1.54, 1.807) is 6.07 Å². The first kappa shape index (κ1) is 19.6. The van der Waals surface area contributed by atoms with Gasteiger partial charge in [-0.3, -0.25) is 4.79 Å². The van der Waals surface area contributed by atoms with Crippen LogP contribution in [-0.2, 0) is 4.79 Å². The van der Waals surface area contributed by atoms with Crippen molar-refractivity contribution < 1.29 is 9.53 Å². The molecule has 1 aromatic carbocycles. The predicted molar refractivity (Wildman–Crippen MR) is 89.8 cm³/mol. The van der Waals surface area contributed by atoms with Crippen LogP contribution in [0.2, 0.25) is 15.1 Å². The molecule has 1 atom stereocenters. The summed E-state index contributed by atoms with van der Waals surface area (Å²) in [5.74, 6) is -0.981. The second-order valence-electron chi connectivity index (χ2n) is 4.91. The third-order valence-electron chi connectivity index (χ3n) is 3.44. The van der Waals surface area contributed by atoms with Crippen LogP contribution >= 0.6 is 34.8 Å². The topological polar surface area (TPSA) is 73.9 Å². The third-order valence-corrected chi connectivity index (χ3v) is 4.65. The predicted octanol–water partition coefficient (Wildman–Crippen LogP) is 5.51. The lowest BCUT2D eigenvalue weighted by Crippen LogP contribution is -2.21. The molecule has 0 aromatic heterocycles. The summed E-state index contributed by atoms with van der Waals surface area (Å²) in [7, 11) is 0. The largest absolute Gasteiger partial charge is 0.423 e. The van der Waals surface area contributed by atoms with Crippen molar-refractivity contribution in [1.29, 1.82) is 10.5 Å². The molecule has 0 N–H and O–H groups in total. The summed E-state index contributed by atoms with van der Waals surface area (Å²) in [6, 6.07) is 3.59. The monoisotopic (exact) mass is 372 g/mol. The quantitative estimate of drug-likeness (QED) is 0.374. The maximum absolute atomic E-state index is 12.3. The third kappa shape index (κ3) is 4.30. The van der Waals surface area contributed by atoms with Crippen molar-refractivity contribution in [1.82, 2.24) is 0 Å². The molecule has 0 radical (unpaired) electrons. The van der Waals surface area contributed by atoms with Crippen LogP contribution < -0.4 is 4.74 Å². The van der Waals surface area contributed by atoms with E-state index >= 15 is 0 Å². The highest BCUT2D eigenvalue weighted by molar-refractivity contribution is 6.46. The van der Waals surface area contributed by atoms with Crippen molar-refractivity contribution in [3.63, 3.8) is 0 Å². The number of esters is 1. The van der Waals surface area contributed by atoms with Crippen LogP contribution in [0.4, 0.5) is 0 Å². The van der Waals surface area contributed by atoms with E-state index in [9.17, 15) is 10.1 Å². The summed E-state index contributed by atoms with van der Waals surface area (Å²) < 4.78 is 5.31. The van der Waals surface area contributed by atoms with E-state index in [4.69, 9.17) is 44.8 Å². The van der Waals surface area contributed by atoms with E-state index in [0.29, 0.717) is 12.8 Å². The van der Waals surface area contributed by atoms with E-state index in [1.807, 2.05) is 19.9 Å². The standard InChI is InChI=1S/C16H15Cl3N2O2/c1-3-5-6-9(4-2)16(22)23-15-11(8-21)12(17)10(7-20)13(18)14(15)19/h9H,3-6H2,1-2H3. The molecule has 0 bridgehead atoms. The molecule has 0 aliphatic heterocycles. The summed E-state index contributed by atoms with van der Waals surface area (Å²) >= 11 is 18.0. The zero-order chi connectivity index (χ0) is 17.6. The second kappa shape index (κ2) is 8.99. The van der Waals surface area contributed by atoms with Gasteiger partial charge in [0.15, 0.2) is 5.75 Å². The maximum atomic E-state index is 12.3. The van der Waals surface area contributed by atoms with Crippen molar-refractivity contribution in [2.75, 3.05) is 0 Å². The van der Waals surface area contributed by atoms with E-state index in [1.165, 1.54) is 0 Å². The fraction of sp³-hybridized carbons (Fsp3) is 0.438. The molecule has 122 valence electrons. The number of nitrogens with zero attached hydrogens (tertiary/aromatic N) is 2. The Labute approximate surface area is 150 Å². The molecule has 0 spiro atoms. The lowest BCUT2D eigenvalue weighted by molar-refractivity contribution is -0.139. The maximum Gasteiger partial charge on any atom is 0.314 e. The van der Waals surface area contributed by atoms with Crippen LogP contribution in [0.1, 0.15) is 50.7 Å². The number of ether oxygens (including phenoxy) is 1. The number of nitriles is 2. The molecule has 0 aliphatic carbocycles. The number of carbonyl (C=O) groups is 1. The van der Waals surface area contributed by atoms with Crippen LogP contribution in [0, 0.1) is 28.6 Å². The molecular weight excluding hydrogens is 359 g/mol. The van der Waals surface area contributed by atoms with Gasteiger partial charge < -0.3 is 4.74 Å². The number of rotatable bonds is 6. The minimum Gasteiger partial charge on any atom is -0.423 e. The molecule has 0 amide bonds. The van der Waals surface area contributed by atoms with E-state index < -0.39 is 5.97 Å². The van der Waals surface area contributed by atoms with Crippen molar-refractivity contribution in [2.24, 2.45) is 5.92 Å². The van der Waals surface area contributed by atoms with Crippen LogP contribution in [-0.4, -0.2) is 5.97 Å². The number of benzene rings is 1. The molecule has 1 unspecified atom stereocenters. The summed E-state index contributed by atoms with van der Waals surface area (Å²) in [4.78, 5) is 12.3. The van der Waals surface area contributed by atoms with Gasteiger partial charge in [-0.1, -0.05) is 61.5 Å². The van der Waals surface area contributed by atoms with Gasteiger partial charge >= 0.3 is 5.97 Å². The molecule has 23 heavy (non-hydrogen) atoms. The Bertz CT molecular complexity index is 690. The minimum absolute atomic E-state index is 0.118. The van der Waals surface area contributed by atoms with Crippen molar-refractivity contribution in [2.45, 2.75) is 39.5 Å². The summed E-state index contributed by atoms with van der Waals surface area (Å²) in [5.41, 5.74) is -0.288. The van der Waals surface area contributed by atoms with Crippen LogP contribution in [0.25, 0.3) is 0 Å². The first-order valence-corrected chi connectivity index (χ1v) is 8.28. The molecule has 0 fully saturated rings. The normalized spacial score (nSPS) is 11.4. The Hall–Kier alpha value is -1.46. The van der Waals surface area contributed by atoms with Crippen molar-refractivity contribution >= 4 is 40.8 Å². The first-order chi connectivity index (χ1) is 10.9. The van der Waals surface area contributed by atoms with E-state index in [2.05, 4.69) is 0 Å². The molecule has 0 saturated carbocycles. The number of hydrogen-bond acceptors (Lipinski definition) is 4. The molecule has 0 saturated heterocycles. The zero-order valence-corrected chi connectivity index (χ0v) is 15.0. The molecule has 1 aromatic rings. The van der Waals surface area contributed by atoms with Gasteiger partial charge in [0.2, 0.25) is 0 Å². The Morgan fingerprint density at radius 1 is 1.09 bits per heavy atom. The van der Waals surface area contributed by atoms with Crippen LogP contribution in [0.15, 0.2) is 0 Å². The molecule has 1 rings (SSSR count). The second-order valence-corrected chi connectivity index (χ2v) is 6.05. The van der Waals surface area contributed by atoms with E-state index in [-0.39, 0.29) is 37.9 Å². The van der Waals surface area contributed by atoms with Crippen LogP contribution in [0.5, 0.6) is 5.75 Å². The van der Waals surface area contributed by atoms with Crippen molar-refractivity contribution in [3.05, 3.63) is 26.2 Å². The van der Waals surface area contributed by atoms with Crippen LogP contribution in [0.3, 0.4) is 0 Å². The van der Waals surface area contributed by atoms with Gasteiger partial charge in [0.05, 0.1) is 21.5 Å². The SMILES string of the molecule is CCCCC(CC)C(=O)Oc1c(Cl)c(Cl)c(C#N)c(Cl)c1C#N. The summed E-state index contributed by atoms with van der Waals surface area (Å²) in [6.45, 7) is 3.91. The lowest BCUT2D eigenvalue weighted by Gasteiger charge is -2.16. The van der Waals surface area contributed by atoms with Gasteiger partial charge in [-0.15, -0.1) is 0 Å². The Kier molecular flexibility index (Phi) is 7.65. The molecule has 4 nitrogen and oxygen atoms in total.